The molecule has 0 spiro atoms. The predicted molar refractivity (Wildman–Crippen MR) is 64.3 cm³/mol. The highest BCUT2D eigenvalue weighted by Crippen LogP contribution is 2.13. The normalized spacial score (nSPS) is 22.5. The second-order valence-electron chi connectivity index (χ2n) is 4.57. The molecule has 1 amide bonds. The largest absolute Gasteiger partial charge is 0.480 e. The molecule has 0 saturated carbocycles. The lowest BCUT2D eigenvalue weighted by Gasteiger charge is -2.25. The molecule has 1 heterocycles. The van der Waals surface area contributed by atoms with Gasteiger partial charge in [0.15, 0.2) is 0 Å². The van der Waals surface area contributed by atoms with Gasteiger partial charge in [0.25, 0.3) is 5.91 Å². The Morgan fingerprint density at radius 3 is 2.67 bits per heavy atom. The Hall–Kier alpha value is -1.14. The summed E-state index contributed by atoms with van der Waals surface area (Å²) in [6.07, 6.45) is 1.37. The summed E-state index contributed by atoms with van der Waals surface area (Å²) < 4.78 is 10.8. The van der Waals surface area contributed by atoms with Gasteiger partial charge in [0.1, 0.15) is 12.1 Å². The molecule has 1 fully saturated rings. The molecule has 1 saturated heterocycles. The highest BCUT2D eigenvalue weighted by atomic mass is 16.5. The third kappa shape index (κ3) is 3.96. The van der Waals surface area contributed by atoms with Gasteiger partial charge >= 0.3 is 5.97 Å². The molecule has 1 N–H and O–H groups in total. The van der Waals surface area contributed by atoms with Crippen LogP contribution in [0.3, 0.4) is 0 Å². The Balaban J connectivity index is 2.37. The van der Waals surface area contributed by atoms with E-state index in [1.165, 1.54) is 18.9 Å². The fourth-order valence-corrected chi connectivity index (χ4v) is 1.74. The van der Waals surface area contributed by atoms with E-state index in [9.17, 15) is 9.59 Å². The minimum atomic E-state index is -1.03. The monoisotopic (exact) mass is 259 g/mol. The lowest BCUT2D eigenvalue weighted by atomic mass is 10.2. The van der Waals surface area contributed by atoms with Crippen LogP contribution in [0.4, 0.5) is 0 Å². The molecule has 1 rings (SSSR count). The Morgan fingerprint density at radius 1 is 1.50 bits per heavy atom. The van der Waals surface area contributed by atoms with Crippen LogP contribution in [-0.4, -0.2) is 60.4 Å². The van der Waals surface area contributed by atoms with Crippen LogP contribution >= 0.6 is 0 Å². The minimum Gasteiger partial charge on any atom is -0.480 e. The van der Waals surface area contributed by atoms with Gasteiger partial charge in [-0.15, -0.1) is 0 Å². The first-order chi connectivity index (χ1) is 8.43. The third-order valence-corrected chi connectivity index (χ3v) is 3.19. The number of nitrogens with zero attached hydrogens (tertiary/aromatic N) is 1. The summed E-state index contributed by atoms with van der Waals surface area (Å²) in [6.45, 7) is 4.21. The number of carboxylic acids is 1. The Morgan fingerprint density at radius 2 is 2.17 bits per heavy atom. The number of carboxylic acid groups (broad SMARTS) is 1. The SMILES string of the molecule is CC(OCC1CCCO1)C(=O)N(C)C(C)C(=O)O. The van der Waals surface area contributed by atoms with Crippen molar-refractivity contribution < 1.29 is 24.2 Å². The number of carbonyl (C=O) groups excluding carboxylic acids is 1. The fraction of sp³-hybridized carbons (Fsp3) is 0.833. The molecule has 3 atom stereocenters. The molecule has 0 bridgehead atoms. The van der Waals surface area contributed by atoms with Crippen molar-refractivity contribution in [3.63, 3.8) is 0 Å². The van der Waals surface area contributed by atoms with Crippen LogP contribution in [0.1, 0.15) is 26.7 Å². The Bertz CT molecular complexity index is 301. The van der Waals surface area contributed by atoms with E-state index in [4.69, 9.17) is 14.6 Å². The summed E-state index contributed by atoms with van der Waals surface area (Å²) in [7, 11) is 1.47. The Labute approximate surface area is 107 Å². The summed E-state index contributed by atoms with van der Waals surface area (Å²) in [5, 5.41) is 8.83. The van der Waals surface area contributed by atoms with Crippen molar-refractivity contribution in [3.8, 4) is 0 Å². The van der Waals surface area contributed by atoms with E-state index in [1.807, 2.05) is 0 Å². The van der Waals surface area contributed by atoms with Gasteiger partial charge in [0, 0.05) is 13.7 Å². The van der Waals surface area contributed by atoms with Gasteiger partial charge in [-0.3, -0.25) is 4.79 Å². The molecule has 0 radical (unpaired) electrons. The van der Waals surface area contributed by atoms with Crippen molar-refractivity contribution in [1.82, 2.24) is 4.90 Å². The first kappa shape index (κ1) is 14.9. The molecule has 3 unspecified atom stereocenters. The van der Waals surface area contributed by atoms with Crippen LogP contribution in [0.2, 0.25) is 0 Å². The van der Waals surface area contributed by atoms with Gasteiger partial charge in [0.2, 0.25) is 0 Å². The smallest absolute Gasteiger partial charge is 0.326 e. The molecular weight excluding hydrogens is 238 g/mol. The van der Waals surface area contributed by atoms with Crippen LogP contribution in [-0.2, 0) is 19.1 Å². The average molecular weight is 259 g/mol. The van der Waals surface area contributed by atoms with E-state index in [0.717, 1.165) is 19.4 Å². The molecule has 6 heteroatoms. The van der Waals surface area contributed by atoms with E-state index >= 15 is 0 Å². The van der Waals surface area contributed by atoms with E-state index in [2.05, 4.69) is 0 Å². The number of rotatable bonds is 6. The summed E-state index contributed by atoms with van der Waals surface area (Å²) in [5.74, 6) is -1.36. The number of likely N-dealkylation sites (N-methyl/N-ethyl adjacent to an activating group) is 1. The van der Waals surface area contributed by atoms with Crippen LogP contribution in [0, 0.1) is 0 Å². The zero-order valence-corrected chi connectivity index (χ0v) is 11.1. The van der Waals surface area contributed by atoms with Gasteiger partial charge in [-0.1, -0.05) is 0 Å². The van der Waals surface area contributed by atoms with Crippen molar-refractivity contribution in [2.45, 2.75) is 44.9 Å². The van der Waals surface area contributed by atoms with Gasteiger partial charge < -0.3 is 19.5 Å². The van der Waals surface area contributed by atoms with E-state index < -0.39 is 18.1 Å². The van der Waals surface area contributed by atoms with Crippen molar-refractivity contribution in [1.29, 1.82) is 0 Å². The maximum Gasteiger partial charge on any atom is 0.326 e. The quantitative estimate of drug-likeness (QED) is 0.751. The molecule has 0 aromatic rings. The van der Waals surface area contributed by atoms with Gasteiger partial charge in [-0.05, 0) is 26.7 Å². The zero-order chi connectivity index (χ0) is 13.7. The lowest BCUT2D eigenvalue weighted by Crippen LogP contribution is -2.45. The van der Waals surface area contributed by atoms with Crippen LogP contribution in [0.15, 0.2) is 0 Å². The molecule has 104 valence electrons. The number of hydrogen-bond donors (Lipinski definition) is 1. The van der Waals surface area contributed by atoms with Crippen LogP contribution in [0.25, 0.3) is 0 Å². The van der Waals surface area contributed by atoms with Crippen LogP contribution in [0.5, 0.6) is 0 Å². The maximum atomic E-state index is 11.9. The molecule has 1 aliphatic rings. The van der Waals surface area contributed by atoms with Crippen molar-refractivity contribution in [2.75, 3.05) is 20.3 Å². The molecule has 0 aromatic carbocycles. The van der Waals surface area contributed by atoms with Gasteiger partial charge in [0.05, 0.1) is 12.7 Å². The van der Waals surface area contributed by atoms with E-state index in [1.54, 1.807) is 6.92 Å². The third-order valence-electron chi connectivity index (χ3n) is 3.19. The van der Waals surface area contributed by atoms with Crippen LogP contribution < -0.4 is 0 Å². The van der Waals surface area contributed by atoms with Gasteiger partial charge in [-0.25, -0.2) is 4.79 Å². The summed E-state index contributed by atoms with van der Waals surface area (Å²) in [5.41, 5.74) is 0. The summed E-state index contributed by atoms with van der Waals surface area (Å²) >= 11 is 0. The molecule has 0 aromatic heterocycles. The topological polar surface area (TPSA) is 76.1 Å². The van der Waals surface area contributed by atoms with E-state index in [-0.39, 0.29) is 12.0 Å². The highest BCUT2D eigenvalue weighted by Gasteiger charge is 2.27. The Kier molecular flexibility index (Phi) is 5.55. The lowest BCUT2D eigenvalue weighted by molar-refractivity contribution is -0.154. The second kappa shape index (κ2) is 6.70. The van der Waals surface area contributed by atoms with Crippen molar-refractivity contribution in [3.05, 3.63) is 0 Å². The number of amides is 1. The van der Waals surface area contributed by atoms with Crippen molar-refractivity contribution in [2.24, 2.45) is 0 Å². The number of ether oxygens (including phenoxy) is 2. The standard InChI is InChI=1S/C12H21NO5/c1-8(12(15)16)13(3)11(14)9(2)18-7-10-5-4-6-17-10/h8-10H,4-7H2,1-3H3,(H,15,16). The van der Waals surface area contributed by atoms with Gasteiger partial charge in [-0.2, -0.15) is 0 Å². The van der Waals surface area contributed by atoms with Crippen molar-refractivity contribution >= 4 is 11.9 Å². The molecule has 18 heavy (non-hydrogen) atoms. The van der Waals surface area contributed by atoms with E-state index in [0.29, 0.717) is 6.61 Å². The first-order valence-corrected chi connectivity index (χ1v) is 6.16. The first-order valence-electron chi connectivity index (χ1n) is 6.16. The number of carbonyl (C=O) groups is 2. The highest BCUT2D eigenvalue weighted by molar-refractivity contribution is 5.85. The minimum absolute atomic E-state index is 0.0578. The predicted octanol–water partition coefficient (Wildman–Crippen LogP) is 0.502. The molecule has 6 nitrogen and oxygen atoms in total. The fourth-order valence-electron chi connectivity index (χ4n) is 1.74. The number of aliphatic carboxylic acids is 1. The molecule has 0 aliphatic carbocycles. The zero-order valence-electron chi connectivity index (χ0n) is 11.1. The number of hydrogen-bond acceptors (Lipinski definition) is 4. The second-order valence-corrected chi connectivity index (χ2v) is 4.57. The summed E-state index contributed by atoms with van der Waals surface area (Å²) in [6, 6.07) is -0.855. The average Bonchev–Trinajstić information content (AvgIpc) is 2.86. The summed E-state index contributed by atoms with van der Waals surface area (Å²) in [4.78, 5) is 23.9. The maximum absolute atomic E-state index is 11.9. The molecule has 1 aliphatic heterocycles. The molecular formula is C12H21NO5.